The molecular weight excluding hydrogens is 348 g/mol. The van der Waals surface area contributed by atoms with E-state index in [2.05, 4.69) is 14.7 Å². The van der Waals surface area contributed by atoms with E-state index in [-0.39, 0.29) is 4.90 Å². The molecule has 2 aromatic carbocycles. The molecule has 4 rings (SSSR count). The molecule has 0 unspecified atom stereocenters. The van der Waals surface area contributed by atoms with Crippen molar-refractivity contribution < 1.29 is 8.42 Å². The molecule has 0 radical (unpaired) electrons. The highest BCUT2D eigenvalue weighted by molar-refractivity contribution is 7.92. The molecule has 0 aliphatic carbocycles. The number of aromatic nitrogens is 3. The van der Waals surface area contributed by atoms with Crippen LogP contribution >= 0.6 is 0 Å². The number of anilines is 1. The molecule has 6 nitrogen and oxygen atoms in total. The fraction of sp³-hybridized carbons (Fsp3) is 0.0526. The molecule has 0 aliphatic rings. The van der Waals surface area contributed by atoms with Crippen LogP contribution in [0.4, 0.5) is 5.69 Å². The maximum Gasteiger partial charge on any atom is 0.261 e. The number of nitrogens with zero attached hydrogens (tertiary/aromatic N) is 3. The Morgan fingerprint density at radius 1 is 1.00 bits per heavy atom. The third-order valence-electron chi connectivity index (χ3n) is 4.08. The summed E-state index contributed by atoms with van der Waals surface area (Å²) in [6, 6.07) is 17.3. The molecule has 2 heterocycles. The molecule has 0 amide bonds. The lowest BCUT2D eigenvalue weighted by atomic mass is 10.1. The van der Waals surface area contributed by atoms with Gasteiger partial charge in [-0.3, -0.25) is 9.12 Å². The van der Waals surface area contributed by atoms with Crippen LogP contribution in [0.15, 0.2) is 78.0 Å². The van der Waals surface area contributed by atoms with E-state index < -0.39 is 10.0 Å². The standard InChI is InChI=1S/C19H16N4O2S/c1-14-18(21-19-20-11-6-12-23(14)19)15-7-5-8-16(13-15)22-26(24,25)17-9-3-2-4-10-17/h2-13,22H,1H3. The Morgan fingerprint density at radius 3 is 2.58 bits per heavy atom. The van der Waals surface area contributed by atoms with Gasteiger partial charge in [-0.15, -0.1) is 0 Å². The van der Waals surface area contributed by atoms with Crippen LogP contribution in [0.5, 0.6) is 0 Å². The summed E-state index contributed by atoms with van der Waals surface area (Å²) < 4.78 is 29.6. The van der Waals surface area contributed by atoms with Gasteiger partial charge in [0, 0.05) is 29.3 Å². The quantitative estimate of drug-likeness (QED) is 0.601. The maximum atomic E-state index is 12.5. The summed E-state index contributed by atoms with van der Waals surface area (Å²) in [4.78, 5) is 9.02. The van der Waals surface area contributed by atoms with Crippen LogP contribution in [0.25, 0.3) is 17.0 Å². The van der Waals surface area contributed by atoms with Gasteiger partial charge < -0.3 is 0 Å². The van der Waals surface area contributed by atoms with E-state index in [1.54, 1.807) is 54.7 Å². The Balaban J connectivity index is 1.72. The third kappa shape index (κ3) is 2.93. The number of hydrogen-bond acceptors (Lipinski definition) is 4. The zero-order valence-corrected chi connectivity index (χ0v) is 14.8. The van der Waals surface area contributed by atoms with Gasteiger partial charge in [0.1, 0.15) is 0 Å². The normalized spacial score (nSPS) is 11.6. The molecule has 4 aromatic rings. The van der Waals surface area contributed by atoms with Gasteiger partial charge in [-0.05, 0) is 37.3 Å². The first kappa shape index (κ1) is 16.3. The number of nitrogens with one attached hydrogen (secondary N) is 1. The Kier molecular flexibility index (Phi) is 3.93. The first-order valence-electron chi connectivity index (χ1n) is 8.02. The lowest BCUT2D eigenvalue weighted by Crippen LogP contribution is -2.12. The van der Waals surface area contributed by atoms with E-state index >= 15 is 0 Å². The Bertz CT molecular complexity index is 1180. The molecule has 0 atom stereocenters. The fourth-order valence-corrected chi connectivity index (χ4v) is 3.89. The second-order valence-electron chi connectivity index (χ2n) is 5.83. The third-order valence-corrected chi connectivity index (χ3v) is 5.48. The largest absolute Gasteiger partial charge is 0.288 e. The predicted molar refractivity (Wildman–Crippen MR) is 100 cm³/mol. The summed E-state index contributed by atoms with van der Waals surface area (Å²) >= 11 is 0. The number of imidazole rings is 1. The number of benzene rings is 2. The molecule has 26 heavy (non-hydrogen) atoms. The van der Waals surface area contributed by atoms with Crippen molar-refractivity contribution in [2.24, 2.45) is 0 Å². The first-order chi connectivity index (χ1) is 12.5. The van der Waals surface area contributed by atoms with E-state index in [4.69, 9.17) is 0 Å². The average molecular weight is 364 g/mol. The van der Waals surface area contributed by atoms with Crippen molar-refractivity contribution in [1.82, 2.24) is 14.4 Å². The molecule has 7 heteroatoms. The summed E-state index contributed by atoms with van der Waals surface area (Å²) in [5.41, 5.74) is 3.01. The number of rotatable bonds is 4. The van der Waals surface area contributed by atoms with E-state index in [0.29, 0.717) is 11.5 Å². The van der Waals surface area contributed by atoms with Crippen LogP contribution < -0.4 is 4.72 Å². The van der Waals surface area contributed by atoms with Gasteiger partial charge in [0.2, 0.25) is 5.78 Å². The fourth-order valence-electron chi connectivity index (χ4n) is 2.82. The highest BCUT2D eigenvalue weighted by Crippen LogP contribution is 2.26. The first-order valence-corrected chi connectivity index (χ1v) is 9.51. The Morgan fingerprint density at radius 2 is 1.81 bits per heavy atom. The highest BCUT2D eigenvalue weighted by atomic mass is 32.2. The average Bonchev–Trinajstić information content (AvgIpc) is 2.99. The summed E-state index contributed by atoms with van der Waals surface area (Å²) in [5.74, 6) is 0.607. The molecule has 130 valence electrons. The minimum atomic E-state index is -3.63. The van der Waals surface area contributed by atoms with Gasteiger partial charge in [0.25, 0.3) is 10.0 Å². The molecule has 0 saturated carbocycles. The van der Waals surface area contributed by atoms with Gasteiger partial charge >= 0.3 is 0 Å². The Labute approximate surface area is 151 Å². The lowest BCUT2D eigenvalue weighted by molar-refractivity contribution is 0.601. The van der Waals surface area contributed by atoms with Crippen LogP contribution in [0, 0.1) is 6.92 Å². The zero-order chi connectivity index (χ0) is 18.1. The van der Waals surface area contributed by atoms with Crippen molar-refractivity contribution in [3.8, 4) is 11.3 Å². The summed E-state index contributed by atoms with van der Waals surface area (Å²) in [6.45, 7) is 1.96. The summed E-state index contributed by atoms with van der Waals surface area (Å²) in [7, 11) is -3.63. The molecule has 1 N–H and O–H groups in total. The van der Waals surface area contributed by atoms with Crippen LogP contribution in [0.1, 0.15) is 5.69 Å². The van der Waals surface area contributed by atoms with Crippen molar-refractivity contribution in [3.05, 3.63) is 78.8 Å². The molecule has 2 aromatic heterocycles. The molecule has 0 spiro atoms. The van der Waals surface area contributed by atoms with Crippen molar-refractivity contribution >= 4 is 21.5 Å². The maximum absolute atomic E-state index is 12.5. The molecule has 0 aliphatic heterocycles. The van der Waals surface area contributed by atoms with Crippen molar-refractivity contribution in [2.45, 2.75) is 11.8 Å². The lowest BCUT2D eigenvalue weighted by Gasteiger charge is -2.09. The van der Waals surface area contributed by atoms with E-state index in [1.807, 2.05) is 29.7 Å². The van der Waals surface area contributed by atoms with Crippen molar-refractivity contribution in [2.75, 3.05) is 4.72 Å². The smallest absolute Gasteiger partial charge is 0.261 e. The second kappa shape index (κ2) is 6.27. The van der Waals surface area contributed by atoms with Gasteiger partial charge in [-0.1, -0.05) is 30.3 Å². The predicted octanol–water partition coefficient (Wildman–Crippen LogP) is 3.51. The minimum Gasteiger partial charge on any atom is -0.288 e. The van der Waals surface area contributed by atoms with E-state index in [1.165, 1.54) is 0 Å². The van der Waals surface area contributed by atoms with Gasteiger partial charge in [0.05, 0.1) is 10.6 Å². The van der Waals surface area contributed by atoms with Crippen molar-refractivity contribution in [1.29, 1.82) is 0 Å². The van der Waals surface area contributed by atoms with E-state index in [0.717, 1.165) is 17.0 Å². The van der Waals surface area contributed by atoms with Crippen LogP contribution in [0.2, 0.25) is 0 Å². The summed E-state index contributed by atoms with van der Waals surface area (Å²) in [6.07, 6.45) is 3.59. The monoisotopic (exact) mass is 364 g/mol. The molecule has 0 saturated heterocycles. The zero-order valence-electron chi connectivity index (χ0n) is 14.0. The van der Waals surface area contributed by atoms with Gasteiger partial charge in [-0.25, -0.2) is 18.4 Å². The van der Waals surface area contributed by atoms with Crippen LogP contribution in [0.3, 0.4) is 0 Å². The number of hydrogen-bond donors (Lipinski definition) is 1. The van der Waals surface area contributed by atoms with E-state index in [9.17, 15) is 8.42 Å². The number of sulfonamides is 1. The van der Waals surface area contributed by atoms with Crippen LogP contribution in [-0.2, 0) is 10.0 Å². The second-order valence-corrected chi connectivity index (χ2v) is 7.52. The molecular formula is C19H16N4O2S. The topological polar surface area (TPSA) is 76.4 Å². The SMILES string of the molecule is Cc1c(-c2cccc(NS(=O)(=O)c3ccccc3)c2)nc2ncccn12. The highest BCUT2D eigenvalue weighted by Gasteiger charge is 2.15. The Hall–Kier alpha value is -3.19. The molecule has 0 fully saturated rings. The summed E-state index contributed by atoms with van der Waals surface area (Å²) in [5, 5.41) is 0. The van der Waals surface area contributed by atoms with Gasteiger partial charge in [-0.2, -0.15) is 0 Å². The number of aryl methyl sites for hydroxylation is 1. The minimum absolute atomic E-state index is 0.221. The van der Waals surface area contributed by atoms with Gasteiger partial charge in [0.15, 0.2) is 0 Å². The van der Waals surface area contributed by atoms with Crippen molar-refractivity contribution in [3.63, 3.8) is 0 Å². The molecule has 0 bridgehead atoms. The number of fused-ring (bicyclic) bond motifs is 1. The van der Waals surface area contributed by atoms with Crippen LogP contribution in [-0.4, -0.2) is 22.8 Å².